The summed E-state index contributed by atoms with van der Waals surface area (Å²) >= 11 is 0. The number of hydrogen-bond donors (Lipinski definition) is 1. The van der Waals surface area contributed by atoms with Gasteiger partial charge >= 0.3 is 11.9 Å². The zero-order chi connectivity index (χ0) is 16.5. The molecule has 0 aromatic carbocycles. The highest BCUT2D eigenvalue weighted by molar-refractivity contribution is 5.73. The largest absolute Gasteiger partial charge is 0.469 e. The summed E-state index contributed by atoms with van der Waals surface area (Å²) in [4.78, 5) is 21.7. The van der Waals surface area contributed by atoms with Gasteiger partial charge in [-0.25, -0.2) is 0 Å². The first kappa shape index (κ1) is 18.9. The molecule has 0 radical (unpaired) electrons. The molecular formula is C16H28O6. The molecule has 1 N–H and O–H groups in total. The van der Waals surface area contributed by atoms with E-state index in [1.165, 1.54) is 14.2 Å². The van der Waals surface area contributed by atoms with E-state index in [1.54, 1.807) is 0 Å². The van der Waals surface area contributed by atoms with Gasteiger partial charge in [-0.15, -0.1) is 0 Å². The molecule has 2 fully saturated rings. The summed E-state index contributed by atoms with van der Waals surface area (Å²) in [5.74, 6) is 0.910. The zero-order valence-corrected chi connectivity index (χ0v) is 13.7. The summed E-state index contributed by atoms with van der Waals surface area (Å²) in [6.07, 6.45) is 3.46. The molecular weight excluding hydrogens is 288 g/mol. The van der Waals surface area contributed by atoms with Gasteiger partial charge in [0.2, 0.25) is 0 Å². The molecule has 6 nitrogen and oxygen atoms in total. The van der Waals surface area contributed by atoms with Crippen molar-refractivity contribution in [3.63, 3.8) is 0 Å². The van der Waals surface area contributed by atoms with Gasteiger partial charge in [0, 0.05) is 19.8 Å². The molecule has 2 rings (SSSR count). The van der Waals surface area contributed by atoms with Gasteiger partial charge in [-0.05, 0) is 44.4 Å². The van der Waals surface area contributed by atoms with Gasteiger partial charge in [0.1, 0.15) is 0 Å². The van der Waals surface area contributed by atoms with Crippen molar-refractivity contribution in [1.29, 1.82) is 0 Å². The molecule has 0 unspecified atom stereocenters. The Labute approximate surface area is 132 Å². The molecule has 0 aliphatic heterocycles. The Morgan fingerprint density at radius 1 is 0.955 bits per heavy atom. The smallest absolute Gasteiger partial charge is 0.308 e. The number of carbonyl (C=O) groups is 2. The van der Waals surface area contributed by atoms with Crippen LogP contribution in [0.15, 0.2) is 0 Å². The van der Waals surface area contributed by atoms with Crippen LogP contribution in [-0.2, 0) is 23.8 Å². The standard InChI is InChI=1S/C9H16O3.C7H12O3/c1-3-12-6-7-4-8(5-7)9(10)11-2;1-10-7(9)6-2-5(3-6)4-8/h7-8H,3-6H2,1-2H3;5-6,8H,2-4H2,1H3. The van der Waals surface area contributed by atoms with E-state index in [0.717, 1.165) is 38.9 Å². The van der Waals surface area contributed by atoms with Crippen LogP contribution in [0.2, 0.25) is 0 Å². The SMILES string of the molecule is CCOCC1CC(C(=O)OC)C1.COC(=O)C1CC(CO)C1. The zero-order valence-electron chi connectivity index (χ0n) is 13.7. The van der Waals surface area contributed by atoms with Crippen molar-refractivity contribution >= 4 is 11.9 Å². The predicted octanol–water partition coefficient (Wildman–Crippen LogP) is 1.40. The topological polar surface area (TPSA) is 82.1 Å². The van der Waals surface area contributed by atoms with Crippen molar-refractivity contribution in [3.05, 3.63) is 0 Å². The van der Waals surface area contributed by atoms with Crippen molar-refractivity contribution < 1.29 is 28.9 Å². The second-order valence-electron chi connectivity index (χ2n) is 5.96. The summed E-state index contributed by atoms with van der Waals surface area (Å²) in [6.45, 7) is 3.74. The van der Waals surface area contributed by atoms with Gasteiger partial charge in [-0.3, -0.25) is 9.59 Å². The van der Waals surface area contributed by atoms with Gasteiger partial charge in [0.25, 0.3) is 0 Å². The molecule has 128 valence electrons. The second-order valence-corrected chi connectivity index (χ2v) is 5.96. The maximum atomic E-state index is 11.0. The lowest BCUT2D eigenvalue weighted by Crippen LogP contribution is -2.33. The number of carbonyl (C=O) groups excluding carboxylic acids is 2. The molecule has 6 heteroatoms. The first-order valence-corrected chi connectivity index (χ1v) is 7.89. The second kappa shape index (κ2) is 9.79. The third-order valence-corrected chi connectivity index (χ3v) is 4.36. The van der Waals surface area contributed by atoms with Gasteiger partial charge < -0.3 is 19.3 Å². The number of aliphatic hydroxyl groups is 1. The molecule has 0 atom stereocenters. The molecule has 2 aliphatic rings. The van der Waals surface area contributed by atoms with Crippen molar-refractivity contribution in [1.82, 2.24) is 0 Å². The van der Waals surface area contributed by atoms with E-state index in [4.69, 9.17) is 9.84 Å². The lowest BCUT2D eigenvalue weighted by molar-refractivity contribution is -0.151. The van der Waals surface area contributed by atoms with Crippen LogP contribution in [0.25, 0.3) is 0 Å². The predicted molar refractivity (Wildman–Crippen MR) is 80.0 cm³/mol. The van der Waals surface area contributed by atoms with E-state index < -0.39 is 0 Å². The highest BCUT2D eigenvalue weighted by atomic mass is 16.5. The van der Waals surface area contributed by atoms with Gasteiger partial charge in [-0.1, -0.05) is 0 Å². The van der Waals surface area contributed by atoms with Crippen molar-refractivity contribution in [2.75, 3.05) is 34.0 Å². The van der Waals surface area contributed by atoms with E-state index in [-0.39, 0.29) is 30.4 Å². The molecule has 0 bridgehead atoms. The van der Waals surface area contributed by atoms with E-state index in [9.17, 15) is 9.59 Å². The maximum Gasteiger partial charge on any atom is 0.308 e. The van der Waals surface area contributed by atoms with E-state index >= 15 is 0 Å². The van der Waals surface area contributed by atoms with Crippen LogP contribution < -0.4 is 0 Å². The third-order valence-electron chi connectivity index (χ3n) is 4.36. The van der Waals surface area contributed by atoms with E-state index in [0.29, 0.717) is 11.8 Å². The van der Waals surface area contributed by atoms with E-state index in [1.807, 2.05) is 6.92 Å². The Balaban J connectivity index is 0.000000224. The number of rotatable bonds is 6. The lowest BCUT2D eigenvalue weighted by atomic mass is 9.75. The Morgan fingerprint density at radius 2 is 1.41 bits per heavy atom. The molecule has 0 saturated heterocycles. The fraction of sp³-hybridized carbons (Fsp3) is 0.875. The van der Waals surface area contributed by atoms with Crippen LogP contribution in [-0.4, -0.2) is 51.1 Å². The fourth-order valence-electron chi connectivity index (χ4n) is 2.76. The molecule has 0 aromatic rings. The molecule has 0 heterocycles. The Hall–Kier alpha value is -1.14. The van der Waals surface area contributed by atoms with Crippen molar-refractivity contribution in [2.24, 2.45) is 23.7 Å². The first-order chi connectivity index (χ1) is 10.5. The molecule has 0 amide bonds. The highest BCUT2D eigenvalue weighted by Crippen LogP contribution is 2.34. The van der Waals surface area contributed by atoms with Gasteiger partial charge in [-0.2, -0.15) is 0 Å². The average Bonchev–Trinajstić information content (AvgIpc) is 2.44. The normalized spacial score (nSPS) is 29.3. The summed E-state index contributed by atoms with van der Waals surface area (Å²) < 4.78 is 14.4. The first-order valence-electron chi connectivity index (χ1n) is 7.89. The average molecular weight is 316 g/mol. The molecule has 0 aromatic heterocycles. The minimum absolute atomic E-state index is 0.0575. The molecule has 2 aliphatic carbocycles. The number of hydrogen-bond acceptors (Lipinski definition) is 6. The summed E-state index contributed by atoms with van der Waals surface area (Å²) in [7, 11) is 2.84. The minimum Gasteiger partial charge on any atom is -0.469 e. The van der Waals surface area contributed by atoms with Crippen LogP contribution in [0.5, 0.6) is 0 Å². The number of methoxy groups -OCH3 is 2. The highest BCUT2D eigenvalue weighted by Gasteiger charge is 2.35. The number of aliphatic hydroxyl groups excluding tert-OH is 1. The lowest BCUT2D eigenvalue weighted by Gasteiger charge is -2.32. The molecule has 22 heavy (non-hydrogen) atoms. The summed E-state index contributed by atoms with van der Waals surface area (Å²) in [5.41, 5.74) is 0. The van der Waals surface area contributed by atoms with Crippen LogP contribution in [0.1, 0.15) is 32.6 Å². The molecule has 2 saturated carbocycles. The van der Waals surface area contributed by atoms with Gasteiger partial charge in [0.05, 0.1) is 26.1 Å². The monoisotopic (exact) mass is 316 g/mol. The third kappa shape index (κ3) is 5.57. The minimum atomic E-state index is -0.135. The summed E-state index contributed by atoms with van der Waals surface area (Å²) in [5, 5.41) is 8.61. The number of ether oxygens (including phenoxy) is 3. The van der Waals surface area contributed by atoms with Gasteiger partial charge in [0.15, 0.2) is 0 Å². The van der Waals surface area contributed by atoms with Crippen LogP contribution in [0.3, 0.4) is 0 Å². The Kier molecular flexibility index (Phi) is 8.42. The summed E-state index contributed by atoms with van der Waals surface area (Å²) in [6, 6.07) is 0. The number of esters is 2. The maximum absolute atomic E-state index is 11.0. The van der Waals surface area contributed by atoms with E-state index in [2.05, 4.69) is 9.47 Å². The van der Waals surface area contributed by atoms with Crippen LogP contribution >= 0.6 is 0 Å². The fourth-order valence-corrected chi connectivity index (χ4v) is 2.76. The van der Waals surface area contributed by atoms with Crippen LogP contribution in [0.4, 0.5) is 0 Å². The Bertz CT molecular complexity index is 345. The van der Waals surface area contributed by atoms with Crippen molar-refractivity contribution in [2.45, 2.75) is 32.6 Å². The Morgan fingerprint density at radius 3 is 1.77 bits per heavy atom. The molecule has 0 spiro atoms. The quantitative estimate of drug-likeness (QED) is 0.746. The van der Waals surface area contributed by atoms with Crippen molar-refractivity contribution in [3.8, 4) is 0 Å². The van der Waals surface area contributed by atoms with Crippen LogP contribution in [0, 0.1) is 23.7 Å².